The summed E-state index contributed by atoms with van der Waals surface area (Å²) in [6.45, 7) is 2.58. The van der Waals surface area contributed by atoms with Crippen molar-refractivity contribution in [3.8, 4) is 0 Å². The van der Waals surface area contributed by atoms with Crippen LogP contribution in [-0.2, 0) is 4.79 Å². The van der Waals surface area contributed by atoms with Crippen molar-refractivity contribution in [3.05, 3.63) is 70.4 Å². The quantitative estimate of drug-likeness (QED) is 0.782. The van der Waals surface area contributed by atoms with Gasteiger partial charge in [-0.2, -0.15) is 4.99 Å². The van der Waals surface area contributed by atoms with Gasteiger partial charge in [0.1, 0.15) is 5.82 Å². The summed E-state index contributed by atoms with van der Waals surface area (Å²) in [5, 5.41) is 9.62. The van der Waals surface area contributed by atoms with Crippen LogP contribution in [-0.4, -0.2) is 53.2 Å². The Hall–Kier alpha value is -3.13. The fourth-order valence-corrected chi connectivity index (χ4v) is 4.22. The molecule has 2 aromatic rings. The number of nitrogens with zero attached hydrogens (tertiary/aromatic N) is 3. The summed E-state index contributed by atoms with van der Waals surface area (Å²) < 4.78 is 14.0. The third kappa shape index (κ3) is 4.17. The summed E-state index contributed by atoms with van der Waals surface area (Å²) in [6.07, 6.45) is 1.71. The minimum absolute atomic E-state index is 0.196. The smallest absolute Gasteiger partial charge is 0.335 e. The Balaban J connectivity index is 1.40. The Morgan fingerprint density at radius 3 is 2.34 bits per heavy atom. The molecule has 1 saturated heterocycles. The van der Waals surface area contributed by atoms with Gasteiger partial charge in [-0.1, -0.05) is 24.3 Å². The Kier molecular flexibility index (Phi) is 5.35. The zero-order valence-electron chi connectivity index (χ0n) is 15.4. The first-order valence-electron chi connectivity index (χ1n) is 9.11. The lowest BCUT2D eigenvalue weighted by Gasteiger charge is -2.36. The number of anilines is 1. The van der Waals surface area contributed by atoms with Gasteiger partial charge in [0.15, 0.2) is 5.17 Å². The molecule has 0 saturated carbocycles. The third-order valence-corrected chi connectivity index (χ3v) is 5.85. The number of aliphatic imine (C=N–C) groups is 1. The molecule has 0 spiro atoms. The van der Waals surface area contributed by atoms with E-state index in [0.29, 0.717) is 41.9 Å². The molecule has 0 aliphatic carbocycles. The third-order valence-electron chi connectivity index (χ3n) is 4.81. The highest BCUT2D eigenvalue weighted by Gasteiger charge is 2.29. The van der Waals surface area contributed by atoms with Crippen molar-refractivity contribution in [3.63, 3.8) is 0 Å². The van der Waals surface area contributed by atoms with Crippen LogP contribution >= 0.6 is 11.8 Å². The average molecular weight is 411 g/mol. The number of carboxylic acid groups (broad SMARTS) is 1. The van der Waals surface area contributed by atoms with Crippen LogP contribution in [0.3, 0.4) is 0 Å². The van der Waals surface area contributed by atoms with Crippen LogP contribution in [0.25, 0.3) is 6.08 Å². The number of amides is 1. The lowest BCUT2D eigenvalue weighted by molar-refractivity contribution is -0.113. The Labute approximate surface area is 171 Å². The minimum Gasteiger partial charge on any atom is -0.478 e. The SMILES string of the molecule is O=C1N=C(N2CCN(c3ccccc3F)CC2)S/C1=C\c1ccc(C(=O)O)cc1. The second-order valence-corrected chi connectivity index (χ2v) is 7.67. The molecule has 1 fully saturated rings. The van der Waals surface area contributed by atoms with Gasteiger partial charge < -0.3 is 14.9 Å². The maximum atomic E-state index is 14.0. The number of benzene rings is 2. The van der Waals surface area contributed by atoms with Gasteiger partial charge in [0, 0.05) is 26.2 Å². The van der Waals surface area contributed by atoms with Crippen LogP contribution in [0.2, 0.25) is 0 Å². The van der Waals surface area contributed by atoms with E-state index in [2.05, 4.69) is 4.99 Å². The van der Waals surface area contributed by atoms with Crippen LogP contribution in [0.1, 0.15) is 15.9 Å². The zero-order valence-corrected chi connectivity index (χ0v) is 16.2. The Bertz CT molecular complexity index is 1010. The van der Waals surface area contributed by atoms with Gasteiger partial charge >= 0.3 is 5.97 Å². The van der Waals surface area contributed by atoms with Crippen LogP contribution in [0.4, 0.5) is 10.1 Å². The van der Waals surface area contributed by atoms with E-state index in [1.807, 2.05) is 15.9 Å². The van der Waals surface area contributed by atoms with Crippen molar-refractivity contribution in [2.45, 2.75) is 0 Å². The molecule has 148 valence electrons. The van der Waals surface area contributed by atoms with E-state index in [1.54, 1.807) is 30.3 Å². The van der Waals surface area contributed by atoms with Crippen molar-refractivity contribution >= 4 is 40.6 Å². The molecular weight excluding hydrogens is 393 g/mol. The van der Waals surface area contributed by atoms with Gasteiger partial charge in [-0.25, -0.2) is 9.18 Å². The molecule has 6 nitrogen and oxygen atoms in total. The van der Waals surface area contributed by atoms with Crippen molar-refractivity contribution in [1.29, 1.82) is 0 Å². The lowest BCUT2D eigenvalue weighted by atomic mass is 10.1. The first kappa shape index (κ1) is 19.2. The standard InChI is InChI=1S/C21H18FN3O3S/c22-16-3-1-2-4-17(16)24-9-11-25(12-10-24)21-23-19(26)18(29-21)13-14-5-7-15(8-6-14)20(27)28/h1-8,13H,9-12H2,(H,27,28)/b18-13-. The second kappa shape index (κ2) is 8.08. The molecule has 0 bridgehead atoms. The molecular formula is C21H18FN3O3S. The van der Waals surface area contributed by atoms with Gasteiger partial charge in [-0.15, -0.1) is 0 Å². The fourth-order valence-electron chi connectivity index (χ4n) is 3.25. The van der Waals surface area contributed by atoms with Crippen molar-refractivity contribution in [1.82, 2.24) is 4.90 Å². The number of hydrogen-bond acceptors (Lipinski definition) is 5. The van der Waals surface area contributed by atoms with Gasteiger partial charge in [0.2, 0.25) is 0 Å². The number of rotatable bonds is 3. The largest absolute Gasteiger partial charge is 0.478 e. The monoisotopic (exact) mass is 411 g/mol. The molecule has 0 radical (unpaired) electrons. The highest BCUT2D eigenvalue weighted by molar-refractivity contribution is 8.18. The van der Waals surface area contributed by atoms with E-state index in [0.717, 1.165) is 5.56 Å². The van der Waals surface area contributed by atoms with Crippen LogP contribution in [0.5, 0.6) is 0 Å². The van der Waals surface area contributed by atoms with E-state index < -0.39 is 5.97 Å². The molecule has 29 heavy (non-hydrogen) atoms. The summed E-state index contributed by atoms with van der Waals surface area (Å²) in [7, 11) is 0. The van der Waals surface area contributed by atoms with E-state index in [1.165, 1.54) is 30.0 Å². The number of para-hydroxylation sites is 1. The molecule has 8 heteroatoms. The van der Waals surface area contributed by atoms with Crippen molar-refractivity contribution in [2.75, 3.05) is 31.1 Å². The molecule has 0 atom stereocenters. The van der Waals surface area contributed by atoms with Crippen LogP contribution < -0.4 is 4.90 Å². The normalized spacial score (nSPS) is 18.3. The average Bonchev–Trinajstić information content (AvgIpc) is 3.09. The maximum Gasteiger partial charge on any atom is 0.335 e. The Morgan fingerprint density at radius 2 is 1.69 bits per heavy atom. The number of carbonyl (C=O) groups is 2. The van der Waals surface area contributed by atoms with Gasteiger partial charge in [0.25, 0.3) is 5.91 Å². The molecule has 2 aliphatic heterocycles. The summed E-state index contributed by atoms with van der Waals surface area (Å²) in [6, 6.07) is 13.0. The van der Waals surface area contributed by atoms with E-state index in [-0.39, 0.29) is 17.3 Å². The predicted octanol–water partition coefficient (Wildman–Crippen LogP) is 3.32. The van der Waals surface area contributed by atoms with E-state index >= 15 is 0 Å². The summed E-state index contributed by atoms with van der Waals surface area (Å²) >= 11 is 1.31. The number of carboxylic acids is 1. The second-order valence-electron chi connectivity index (χ2n) is 6.66. The van der Waals surface area contributed by atoms with Crippen molar-refractivity contribution in [2.24, 2.45) is 4.99 Å². The number of carbonyl (C=O) groups excluding carboxylic acids is 1. The summed E-state index contributed by atoms with van der Waals surface area (Å²) in [5.74, 6) is -1.53. The predicted molar refractivity (Wildman–Crippen MR) is 112 cm³/mol. The highest BCUT2D eigenvalue weighted by atomic mass is 32.2. The number of thioether (sulfide) groups is 1. The van der Waals surface area contributed by atoms with Gasteiger partial charge in [0.05, 0.1) is 16.2 Å². The molecule has 2 aromatic carbocycles. The lowest BCUT2D eigenvalue weighted by Crippen LogP contribution is -2.48. The van der Waals surface area contributed by atoms with Crippen LogP contribution in [0.15, 0.2) is 58.4 Å². The summed E-state index contributed by atoms with van der Waals surface area (Å²) in [5.41, 5.74) is 1.53. The van der Waals surface area contributed by atoms with Gasteiger partial charge in [-0.3, -0.25) is 4.79 Å². The number of piperazine rings is 1. The van der Waals surface area contributed by atoms with Crippen molar-refractivity contribution < 1.29 is 19.1 Å². The number of amidine groups is 1. The zero-order chi connectivity index (χ0) is 20.4. The molecule has 4 rings (SSSR count). The van der Waals surface area contributed by atoms with Crippen LogP contribution in [0, 0.1) is 5.82 Å². The van der Waals surface area contributed by atoms with E-state index in [4.69, 9.17) is 5.11 Å². The number of aromatic carboxylic acids is 1. The molecule has 0 aromatic heterocycles. The molecule has 0 unspecified atom stereocenters. The molecule has 1 amide bonds. The summed E-state index contributed by atoms with van der Waals surface area (Å²) in [4.78, 5) is 31.9. The van der Waals surface area contributed by atoms with Gasteiger partial charge in [-0.05, 0) is 47.7 Å². The van der Waals surface area contributed by atoms with E-state index in [9.17, 15) is 14.0 Å². The first-order valence-corrected chi connectivity index (χ1v) is 9.93. The number of halogens is 1. The maximum absolute atomic E-state index is 14.0. The first-order chi connectivity index (χ1) is 14.0. The highest BCUT2D eigenvalue weighted by Crippen LogP contribution is 2.31. The Morgan fingerprint density at radius 1 is 1.03 bits per heavy atom. The molecule has 2 aliphatic rings. The number of hydrogen-bond donors (Lipinski definition) is 1. The topological polar surface area (TPSA) is 73.2 Å². The molecule has 1 N–H and O–H groups in total. The molecule has 2 heterocycles. The fraction of sp³-hybridized carbons (Fsp3) is 0.190. The minimum atomic E-state index is -0.990.